The highest BCUT2D eigenvalue weighted by Gasteiger charge is 2.20. The summed E-state index contributed by atoms with van der Waals surface area (Å²) in [6, 6.07) is 57.1. The van der Waals surface area contributed by atoms with Gasteiger partial charge in [-0.25, -0.2) is 29.9 Å². The third-order valence-electron chi connectivity index (χ3n) is 10.00. The van der Waals surface area contributed by atoms with E-state index in [4.69, 9.17) is 34.3 Å². The van der Waals surface area contributed by atoms with E-state index in [1.807, 2.05) is 115 Å². The maximum absolute atomic E-state index is 6.48. The molecule has 0 saturated carbocycles. The SMILES string of the molecule is c1ccc(-c2nc(-c3ccccc3)nc(-c3ccc4oc5cccc(-c6nc(-c7ccccc7)nc(-c7ccc8sc9ccccc9c8c7)n6)c5c4c3)n2)cc1. The molecule has 0 aliphatic carbocycles. The van der Waals surface area contributed by atoms with Crippen molar-refractivity contribution in [2.24, 2.45) is 0 Å². The molecular formula is C48H28N6OS. The Morgan fingerprint density at radius 3 is 1.41 bits per heavy atom. The first-order valence-corrected chi connectivity index (χ1v) is 19.1. The Hall–Kier alpha value is -7.42. The molecule has 7 aromatic carbocycles. The second-order valence-electron chi connectivity index (χ2n) is 13.5. The van der Waals surface area contributed by atoms with Crippen molar-refractivity contribution in [3.8, 4) is 68.3 Å². The van der Waals surface area contributed by atoms with E-state index in [0.717, 1.165) is 55.3 Å². The van der Waals surface area contributed by atoms with Crippen LogP contribution in [0.3, 0.4) is 0 Å². The van der Waals surface area contributed by atoms with Crippen LogP contribution in [0.5, 0.6) is 0 Å². The van der Waals surface area contributed by atoms with Gasteiger partial charge in [0.2, 0.25) is 0 Å². The van der Waals surface area contributed by atoms with Crippen LogP contribution in [0.15, 0.2) is 174 Å². The molecule has 0 aliphatic rings. The summed E-state index contributed by atoms with van der Waals surface area (Å²) in [5.41, 5.74) is 6.80. The van der Waals surface area contributed by atoms with Gasteiger partial charge in [0.05, 0.1) is 0 Å². The molecule has 0 amide bonds. The van der Waals surface area contributed by atoms with E-state index in [0.29, 0.717) is 34.9 Å². The van der Waals surface area contributed by atoms with Gasteiger partial charge in [0.1, 0.15) is 11.2 Å². The normalized spacial score (nSPS) is 11.6. The molecular weight excluding hydrogens is 709 g/mol. The Bertz CT molecular complexity index is 3200. The summed E-state index contributed by atoms with van der Waals surface area (Å²) in [4.78, 5) is 30.2. The molecule has 262 valence electrons. The predicted molar refractivity (Wildman–Crippen MR) is 226 cm³/mol. The summed E-state index contributed by atoms with van der Waals surface area (Å²) in [5.74, 6) is 3.53. The second-order valence-corrected chi connectivity index (χ2v) is 14.6. The molecule has 11 aromatic rings. The fourth-order valence-corrected chi connectivity index (χ4v) is 8.38. The van der Waals surface area contributed by atoms with Crippen LogP contribution in [0.25, 0.3) is 110 Å². The van der Waals surface area contributed by atoms with Crippen LogP contribution < -0.4 is 0 Å². The highest BCUT2D eigenvalue weighted by Crippen LogP contribution is 2.40. The smallest absolute Gasteiger partial charge is 0.164 e. The van der Waals surface area contributed by atoms with Crippen LogP contribution in [0, 0.1) is 0 Å². The minimum Gasteiger partial charge on any atom is -0.456 e. The summed E-state index contributed by atoms with van der Waals surface area (Å²) in [7, 11) is 0. The lowest BCUT2D eigenvalue weighted by Crippen LogP contribution is -2.00. The number of benzene rings is 7. The molecule has 11 rings (SSSR count). The Balaban J connectivity index is 1.10. The van der Waals surface area contributed by atoms with Gasteiger partial charge in [-0.05, 0) is 48.5 Å². The summed E-state index contributed by atoms with van der Waals surface area (Å²) in [6.07, 6.45) is 0. The van der Waals surface area contributed by atoms with E-state index in [9.17, 15) is 0 Å². The van der Waals surface area contributed by atoms with Gasteiger partial charge in [0.15, 0.2) is 34.9 Å². The predicted octanol–water partition coefficient (Wildman–Crippen LogP) is 12.3. The van der Waals surface area contributed by atoms with Crippen molar-refractivity contribution in [1.82, 2.24) is 29.9 Å². The molecule has 0 saturated heterocycles. The first-order valence-electron chi connectivity index (χ1n) is 18.3. The van der Waals surface area contributed by atoms with Crippen molar-refractivity contribution in [2.75, 3.05) is 0 Å². The molecule has 8 heteroatoms. The highest BCUT2D eigenvalue weighted by molar-refractivity contribution is 7.25. The molecule has 4 heterocycles. The van der Waals surface area contributed by atoms with Crippen LogP contribution >= 0.6 is 11.3 Å². The Morgan fingerprint density at radius 1 is 0.321 bits per heavy atom. The summed E-state index contributed by atoms with van der Waals surface area (Å²) in [6.45, 7) is 0. The van der Waals surface area contributed by atoms with Gasteiger partial charge < -0.3 is 4.42 Å². The zero-order valence-electron chi connectivity index (χ0n) is 29.7. The van der Waals surface area contributed by atoms with Gasteiger partial charge >= 0.3 is 0 Å². The Labute approximate surface area is 324 Å². The van der Waals surface area contributed by atoms with E-state index < -0.39 is 0 Å². The molecule has 7 nitrogen and oxygen atoms in total. The third kappa shape index (κ3) is 5.59. The van der Waals surface area contributed by atoms with E-state index in [-0.39, 0.29) is 0 Å². The van der Waals surface area contributed by atoms with Crippen LogP contribution in [-0.4, -0.2) is 29.9 Å². The number of furan rings is 1. The number of hydrogen-bond donors (Lipinski definition) is 0. The van der Waals surface area contributed by atoms with Crippen molar-refractivity contribution < 1.29 is 4.42 Å². The number of fused-ring (bicyclic) bond motifs is 6. The molecule has 0 unspecified atom stereocenters. The standard InChI is InChI=1S/C48H28N6OS/c1-4-13-29(14-5-1)43-49-44(30-15-6-2-7-16-30)51-46(50-43)32-23-25-38-37(28-32)42-35(20-12-21-39(42)55-38)48-53-45(31-17-8-3-9-18-31)52-47(54-48)33-24-26-41-36(27-33)34-19-10-11-22-40(34)56-41/h1-28H. The lowest BCUT2D eigenvalue weighted by Gasteiger charge is -2.10. The van der Waals surface area contributed by atoms with E-state index >= 15 is 0 Å². The first-order chi connectivity index (χ1) is 27.7. The van der Waals surface area contributed by atoms with Gasteiger partial charge in [0.25, 0.3) is 0 Å². The van der Waals surface area contributed by atoms with Gasteiger partial charge in [-0.15, -0.1) is 11.3 Å². The van der Waals surface area contributed by atoms with E-state index in [1.165, 1.54) is 20.2 Å². The molecule has 0 radical (unpaired) electrons. The number of aromatic nitrogens is 6. The summed E-state index contributed by atoms with van der Waals surface area (Å²) < 4.78 is 8.96. The molecule has 0 spiro atoms. The van der Waals surface area contributed by atoms with Crippen molar-refractivity contribution in [3.63, 3.8) is 0 Å². The lowest BCUT2D eigenvalue weighted by molar-refractivity contribution is 0.669. The molecule has 0 bridgehead atoms. The van der Waals surface area contributed by atoms with Crippen molar-refractivity contribution in [1.29, 1.82) is 0 Å². The van der Waals surface area contributed by atoms with Crippen LogP contribution in [0.1, 0.15) is 0 Å². The number of hydrogen-bond acceptors (Lipinski definition) is 8. The second kappa shape index (κ2) is 13.2. The van der Waals surface area contributed by atoms with E-state index in [2.05, 4.69) is 54.6 Å². The monoisotopic (exact) mass is 736 g/mol. The summed E-state index contributed by atoms with van der Waals surface area (Å²) in [5, 5.41) is 4.22. The highest BCUT2D eigenvalue weighted by atomic mass is 32.1. The van der Waals surface area contributed by atoms with Gasteiger partial charge in [0, 0.05) is 64.3 Å². The molecule has 0 N–H and O–H groups in total. The van der Waals surface area contributed by atoms with Crippen molar-refractivity contribution in [2.45, 2.75) is 0 Å². The zero-order valence-corrected chi connectivity index (χ0v) is 30.5. The van der Waals surface area contributed by atoms with E-state index in [1.54, 1.807) is 11.3 Å². The molecule has 0 atom stereocenters. The van der Waals surface area contributed by atoms with Gasteiger partial charge in [-0.3, -0.25) is 0 Å². The minimum absolute atomic E-state index is 0.556. The molecule has 0 aliphatic heterocycles. The third-order valence-corrected chi connectivity index (χ3v) is 11.1. The number of thiophene rings is 1. The average Bonchev–Trinajstić information content (AvgIpc) is 3.85. The fourth-order valence-electron chi connectivity index (χ4n) is 7.30. The fraction of sp³-hybridized carbons (Fsp3) is 0. The Kier molecular flexibility index (Phi) is 7.53. The Morgan fingerprint density at radius 2 is 0.804 bits per heavy atom. The van der Waals surface area contributed by atoms with Crippen LogP contribution in [0.2, 0.25) is 0 Å². The average molecular weight is 737 g/mol. The molecule has 56 heavy (non-hydrogen) atoms. The largest absolute Gasteiger partial charge is 0.456 e. The first kappa shape index (κ1) is 32.0. The lowest BCUT2D eigenvalue weighted by atomic mass is 10.0. The topological polar surface area (TPSA) is 90.5 Å². The van der Waals surface area contributed by atoms with Crippen molar-refractivity contribution in [3.05, 3.63) is 170 Å². The number of nitrogens with zero attached hydrogens (tertiary/aromatic N) is 6. The maximum Gasteiger partial charge on any atom is 0.164 e. The van der Waals surface area contributed by atoms with Gasteiger partial charge in [-0.1, -0.05) is 121 Å². The molecule has 4 aromatic heterocycles. The van der Waals surface area contributed by atoms with Crippen LogP contribution in [-0.2, 0) is 0 Å². The molecule has 0 fully saturated rings. The van der Waals surface area contributed by atoms with Gasteiger partial charge in [-0.2, -0.15) is 0 Å². The maximum atomic E-state index is 6.48. The van der Waals surface area contributed by atoms with Crippen molar-refractivity contribution >= 4 is 53.4 Å². The zero-order chi connectivity index (χ0) is 37.0. The van der Waals surface area contributed by atoms with Crippen LogP contribution in [0.4, 0.5) is 0 Å². The minimum atomic E-state index is 0.556. The quantitative estimate of drug-likeness (QED) is 0.168. The summed E-state index contributed by atoms with van der Waals surface area (Å²) >= 11 is 1.79. The number of rotatable bonds is 6.